The number of benzene rings is 4. The van der Waals surface area contributed by atoms with Crippen molar-refractivity contribution in [2.24, 2.45) is 0 Å². The second kappa shape index (κ2) is 6.75. The maximum atomic E-state index is 4.21. The maximum absolute atomic E-state index is 4.21. The maximum Gasteiger partial charge on any atom is 0.0697 e. The van der Waals surface area contributed by atoms with Crippen molar-refractivity contribution in [3.63, 3.8) is 0 Å². The minimum Gasteiger partial charge on any atom is -0.354 e. The van der Waals surface area contributed by atoms with E-state index in [4.69, 9.17) is 0 Å². The molecule has 4 aromatic carbocycles. The van der Waals surface area contributed by atoms with Gasteiger partial charge in [-0.25, -0.2) is 0 Å². The highest BCUT2D eigenvalue weighted by Gasteiger charge is 2.14. The van der Waals surface area contributed by atoms with Gasteiger partial charge in [-0.3, -0.25) is 4.98 Å². The van der Waals surface area contributed by atoms with E-state index in [0.717, 1.165) is 22.4 Å². The number of hydrogen-bond donors (Lipinski definition) is 1. The van der Waals surface area contributed by atoms with Crippen molar-refractivity contribution in [3.05, 3.63) is 109 Å². The van der Waals surface area contributed by atoms with Crippen molar-refractivity contribution >= 4 is 44.0 Å². The standard InChI is InChI=1S/C27H19N3/c1-4-10-25-22(7-1)23-8-2-5-11-26(23)30(25)27-12-6-3-9-24(27)29-21-14-13-20-18-28-16-15-19(20)17-21/h1-18,29H. The van der Waals surface area contributed by atoms with Crippen LogP contribution in [-0.4, -0.2) is 9.55 Å². The molecular formula is C27H19N3. The van der Waals surface area contributed by atoms with Gasteiger partial charge in [-0.2, -0.15) is 0 Å². The lowest BCUT2D eigenvalue weighted by atomic mass is 10.1. The molecule has 6 rings (SSSR count). The first-order valence-corrected chi connectivity index (χ1v) is 10.1. The van der Waals surface area contributed by atoms with Gasteiger partial charge in [0.05, 0.1) is 22.4 Å². The van der Waals surface area contributed by atoms with E-state index in [1.54, 1.807) is 0 Å². The van der Waals surface area contributed by atoms with Crippen molar-refractivity contribution in [2.45, 2.75) is 0 Å². The highest BCUT2D eigenvalue weighted by atomic mass is 15.0. The summed E-state index contributed by atoms with van der Waals surface area (Å²) in [5, 5.41) is 8.48. The number of hydrogen-bond acceptors (Lipinski definition) is 2. The van der Waals surface area contributed by atoms with E-state index in [-0.39, 0.29) is 0 Å². The summed E-state index contributed by atoms with van der Waals surface area (Å²) < 4.78 is 2.35. The number of rotatable bonds is 3. The minimum absolute atomic E-state index is 1.06. The molecule has 30 heavy (non-hydrogen) atoms. The Balaban J connectivity index is 1.55. The molecule has 0 aliphatic rings. The summed E-state index contributed by atoms with van der Waals surface area (Å²) in [6.07, 6.45) is 3.73. The number of para-hydroxylation sites is 4. The molecular weight excluding hydrogens is 366 g/mol. The number of pyridine rings is 1. The first kappa shape index (κ1) is 16.8. The van der Waals surface area contributed by atoms with E-state index in [2.05, 4.69) is 106 Å². The van der Waals surface area contributed by atoms with Crippen molar-refractivity contribution in [1.82, 2.24) is 9.55 Å². The molecule has 1 N–H and O–H groups in total. The minimum atomic E-state index is 1.06. The molecule has 0 aliphatic carbocycles. The van der Waals surface area contributed by atoms with Crippen molar-refractivity contribution < 1.29 is 0 Å². The molecule has 0 amide bonds. The second-order valence-electron chi connectivity index (χ2n) is 7.45. The molecule has 3 nitrogen and oxygen atoms in total. The van der Waals surface area contributed by atoms with Gasteiger partial charge in [-0.15, -0.1) is 0 Å². The van der Waals surface area contributed by atoms with Crippen LogP contribution in [0, 0.1) is 0 Å². The molecule has 0 atom stereocenters. The van der Waals surface area contributed by atoms with Crippen LogP contribution in [0.15, 0.2) is 109 Å². The Morgan fingerprint density at radius 1 is 0.633 bits per heavy atom. The summed E-state index contributed by atoms with van der Waals surface area (Å²) in [6, 6.07) is 34.1. The Hall–Kier alpha value is -4.11. The molecule has 0 fully saturated rings. The Labute approximate surface area is 174 Å². The van der Waals surface area contributed by atoms with Crippen LogP contribution in [0.2, 0.25) is 0 Å². The van der Waals surface area contributed by atoms with Gasteiger partial charge in [-0.05, 0) is 47.9 Å². The fourth-order valence-corrected chi connectivity index (χ4v) is 4.27. The number of nitrogens with zero attached hydrogens (tertiary/aromatic N) is 2. The van der Waals surface area contributed by atoms with Crippen LogP contribution >= 0.6 is 0 Å². The van der Waals surface area contributed by atoms with Crippen LogP contribution in [0.1, 0.15) is 0 Å². The van der Waals surface area contributed by atoms with Gasteiger partial charge in [0.25, 0.3) is 0 Å². The van der Waals surface area contributed by atoms with Gasteiger partial charge in [-0.1, -0.05) is 54.6 Å². The zero-order valence-electron chi connectivity index (χ0n) is 16.3. The fraction of sp³-hybridized carbons (Fsp3) is 0. The predicted octanol–water partition coefficient (Wildman–Crippen LogP) is 7.08. The third-order valence-corrected chi connectivity index (χ3v) is 5.64. The summed E-state index contributed by atoms with van der Waals surface area (Å²) in [5.41, 5.74) is 5.67. The fourth-order valence-electron chi connectivity index (χ4n) is 4.27. The lowest BCUT2D eigenvalue weighted by Gasteiger charge is -2.15. The molecule has 3 heteroatoms. The van der Waals surface area contributed by atoms with E-state index in [1.807, 2.05) is 18.5 Å². The van der Waals surface area contributed by atoms with Gasteiger partial charge in [0.15, 0.2) is 0 Å². The number of nitrogens with one attached hydrogen (secondary N) is 1. The highest BCUT2D eigenvalue weighted by molar-refractivity contribution is 6.09. The molecule has 2 aromatic heterocycles. The average Bonchev–Trinajstić information content (AvgIpc) is 3.14. The molecule has 0 unspecified atom stereocenters. The third-order valence-electron chi connectivity index (χ3n) is 5.64. The lowest BCUT2D eigenvalue weighted by molar-refractivity contribution is 1.18. The monoisotopic (exact) mass is 385 g/mol. The molecule has 0 bridgehead atoms. The van der Waals surface area contributed by atoms with Crippen LogP contribution in [0.4, 0.5) is 11.4 Å². The summed E-state index contributed by atoms with van der Waals surface area (Å²) in [4.78, 5) is 4.21. The first-order chi connectivity index (χ1) is 14.9. The summed E-state index contributed by atoms with van der Waals surface area (Å²) >= 11 is 0. The van der Waals surface area contributed by atoms with Gasteiger partial charge < -0.3 is 9.88 Å². The quantitative estimate of drug-likeness (QED) is 0.353. The largest absolute Gasteiger partial charge is 0.354 e. The van der Waals surface area contributed by atoms with E-state index in [0.29, 0.717) is 0 Å². The SMILES string of the molecule is c1ccc(-n2c3ccccc3c3ccccc32)c(Nc2ccc3cnccc3c2)c1. The summed E-state index contributed by atoms with van der Waals surface area (Å²) in [7, 11) is 0. The van der Waals surface area contributed by atoms with Crippen molar-refractivity contribution in [3.8, 4) is 5.69 Å². The number of anilines is 2. The highest BCUT2D eigenvalue weighted by Crippen LogP contribution is 2.35. The Kier molecular flexibility index (Phi) is 3.78. The topological polar surface area (TPSA) is 29.9 Å². The Morgan fingerprint density at radius 3 is 2.13 bits per heavy atom. The summed E-state index contributed by atoms with van der Waals surface area (Å²) in [5.74, 6) is 0. The zero-order chi connectivity index (χ0) is 19.9. The Morgan fingerprint density at radius 2 is 1.33 bits per heavy atom. The molecule has 0 saturated heterocycles. The molecule has 0 spiro atoms. The van der Waals surface area contributed by atoms with Gasteiger partial charge in [0.1, 0.15) is 0 Å². The zero-order valence-corrected chi connectivity index (χ0v) is 16.3. The average molecular weight is 385 g/mol. The molecule has 142 valence electrons. The van der Waals surface area contributed by atoms with Gasteiger partial charge in [0, 0.05) is 34.2 Å². The van der Waals surface area contributed by atoms with Crippen molar-refractivity contribution in [1.29, 1.82) is 0 Å². The molecule has 6 aromatic rings. The second-order valence-corrected chi connectivity index (χ2v) is 7.45. The van der Waals surface area contributed by atoms with E-state index >= 15 is 0 Å². The smallest absolute Gasteiger partial charge is 0.0697 e. The predicted molar refractivity (Wildman–Crippen MR) is 126 cm³/mol. The van der Waals surface area contributed by atoms with Crippen LogP contribution in [0.25, 0.3) is 38.3 Å². The van der Waals surface area contributed by atoms with E-state index in [9.17, 15) is 0 Å². The molecule has 2 heterocycles. The molecule has 0 aliphatic heterocycles. The van der Waals surface area contributed by atoms with Crippen LogP contribution in [-0.2, 0) is 0 Å². The van der Waals surface area contributed by atoms with Gasteiger partial charge >= 0.3 is 0 Å². The van der Waals surface area contributed by atoms with E-state index in [1.165, 1.54) is 27.2 Å². The van der Waals surface area contributed by atoms with Crippen LogP contribution < -0.4 is 5.32 Å². The normalized spacial score (nSPS) is 11.3. The lowest BCUT2D eigenvalue weighted by Crippen LogP contribution is -2.00. The first-order valence-electron chi connectivity index (χ1n) is 10.1. The molecule has 0 radical (unpaired) electrons. The van der Waals surface area contributed by atoms with Crippen LogP contribution in [0.3, 0.4) is 0 Å². The number of fused-ring (bicyclic) bond motifs is 4. The van der Waals surface area contributed by atoms with Gasteiger partial charge in [0.2, 0.25) is 0 Å². The summed E-state index contributed by atoms with van der Waals surface area (Å²) in [6.45, 7) is 0. The Bertz CT molecular complexity index is 1470. The number of aromatic nitrogens is 2. The van der Waals surface area contributed by atoms with Crippen LogP contribution in [0.5, 0.6) is 0 Å². The van der Waals surface area contributed by atoms with E-state index < -0.39 is 0 Å². The van der Waals surface area contributed by atoms with Crippen molar-refractivity contribution in [2.75, 3.05) is 5.32 Å². The molecule has 0 saturated carbocycles. The third kappa shape index (κ3) is 2.64.